The topological polar surface area (TPSA) is 79.4 Å². The van der Waals surface area contributed by atoms with Gasteiger partial charge in [0.05, 0.1) is 30.2 Å². The molecule has 1 amide bonds. The number of halogens is 1. The van der Waals surface area contributed by atoms with Crippen LogP contribution >= 0.6 is 11.6 Å². The number of nitrogens with zero attached hydrogens (tertiary/aromatic N) is 3. The lowest BCUT2D eigenvalue weighted by Gasteiger charge is -2.45. The van der Waals surface area contributed by atoms with E-state index in [4.69, 9.17) is 21.1 Å². The van der Waals surface area contributed by atoms with E-state index in [1.165, 1.54) is 0 Å². The Hall–Kier alpha value is -1.39. The molecule has 1 aromatic rings. The van der Waals surface area contributed by atoms with Crippen molar-refractivity contribution in [3.05, 3.63) is 29.3 Å². The summed E-state index contributed by atoms with van der Waals surface area (Å²) < 4.78 is 41.8. The predicted molar refractivity (Wildman–Crippen MR) is 135 cm³/mol. The molecule has 3 saturated heterocycles. The van der Waals surface area contributed by atoms with Crippen LogP contribution in [0.4, 0.5) is 4.79 Å². The molecule has 6 rings (SSSR count). The number of carbonyl (C=O) groups is 1. The fourth-order valence-electron chi connectivity index (χ4n) is 6.59. The second kappa shape index (κ2) is 9.42. The lowest BCUT2D eigenvalue weighted by molar-refractivity contribution is -0.0780. The van der Waals surface area contributed by atoms with Crippen LogP contribution in [0.1, 0.15) is 51.9 Å². The fraction of sp³-hybridized carbons (Fsp3) is 0.731. The average Bonchev–Trinajstić information content (AvgIpc) is 3.79. The Morgan fingerprint density at radius 3 is 2.33 bits per heavy atom. The highest BCUT2D eigenvalue weighted by Crippen LogP contribution is 2.50. The Bertz CT molecular complexity index is 1080. The third-order valence-electron chi connectivity index (χ3n) is 8.77. The second-order valence-corrected chi connectivity index (χ2v) is 13.5. The zero-order chi connectivity index (χ0) is 25.1. The van der Waals surface area contributed by atoms with Crippen molar-refractivity contribution < 1.29 is 22.7 Å². The first-order valence-corrected chi connectivity index (χ1v) is 15.2. The van der Waals surface area contributed by atoms with Crippen molar-refractivity contribution in [1.29, 1.82) is 0 Å². The molecule has 0 N–H and O–H groups in total. The summed E-state index contributed by atoms with van der Waals surface area (Å²) in [5, 5.41) is 0.492. The lowest BCUT2D eigenvalue weighted by atomic mass is 10.0. The number of ether oxygens (including phenoxy) is 2. The Morgan fingerprint density at radius 1 is 1.08 bits per heavy atom. The molecule has 2 bridgehead atoms. The number of carbonyl (C=O) groups excluding carboxylic acids is 1. The molecular formula is C26H36ClN3O5S. The summed E-state index contributed by atoms with van der Waals surface area (Å²) in [6, 6.07) is 6.35. The first-order chi connectivity index (χ1) is 17.3. The number of hydrogen-bond donors (Lipinski definition) is 0. The van der Waals surface area contributed by atoms with Crippen molar-refractivity contribution in [2.75, 3.05) is 32.8 Å². The van der Waals surface area contributed by atoms with E-state index in [1.54, 1.807) is 28.6 Å². The molecule has 5 aliphatic rings. The van der Waals surface area contributed by atoms with Gasteiger partial charge in [-0.15, -0.1) is 0 Å². The van der Waals surface area contributed by atoms with E-state index >= 15 is 0 Å². The van der Waals surface area contributed by atoms with Gasteiger partial charge in [-0.1, -0.05) is 18.5 Å². The van der Waals surface area contributed by atoms with Gasteiger partial charge in [0.15, 0.2) is 0 Å². The van der Waals surface area contributed by atoms with Crippen LogP contribution in [0.15, 0.2) is 29.2 Å². The molecule has 0 radical (unpaired) electrons. The molecular weight excluding hydrogens is 502 g/mol. The highest BCUT2D eigenvalue weighted by Gasteiger charge is 2.62. The van der Waals surface area contributed by atoms with Gasteiger partial charge in [-0.05, 0) is 81.7 Å². The van der Waals surface area contributed by atoms with Gasteiger partial charge in [0.25, 0.3) is 0 Å². The minimum absolute atomic E-state index is 0.218. The van der Waals surface area contributed by atoms with Crippen LogP contribution in [0.5, 0.6) is 0 Å². The third kappa shape index (κ3) is 4.45. The number of likely N-dealkylation sites (tertiary alicyclic amines) is 1. The van der Waals surface area contributed by atoms with Crippen LogP contribution in [0, 0.1) is 5.92 Å². The molecule has 2 saturated carbocycles. The molecule has 8 nitrogen and oxygen atoms in total. The largest absolute Gasteiger partial charge is 0.441 e. The van der Waals surface area contributed by atoms with Crippen LogP contribution in [0.25, 0.3) is 0 Å². The van der Waals surface area contributed by atoms with Crippen LogP contribution in [0.2, 0.25) is 5.02 Å². The summed E-state index contributed by atoms with van der Waals surface area (Å²) in [7, 11) is -3.82. The number of amides is 1. The fourth-order valence-corrected chi connectivity index (χ4v) is 8.62. The maximum Gasteiger partial charge on any atom is 0.410 e. The van der Waals surface area contributed by atoms with Gasteiger partial charge in [-0.3, -0.25) is 4.90 Å². The number of sulfonamides is 1. The van der Waals surface area contributed by atoms with Gasteiger partial charge in [-0.2, -0.15) is 4.31 Å². The summed E-state index contributed by atoms with van der Waals surface area (Å²) in [6.45, 7) is 5.25. The van der Waals surface area contributed by atoms with Crippen LogP contribution < -0.4 is 0 Å². The zero-order valence-electron chi connectivity index (χ0n) is 20.9. The average molecular weight is 538 g/mol. The quantitative estimate of drug-likeness (QED) is 0.527. The predicted octanol–water partition coefficient (Wildman–Crippen LogP) is 3.74. The molecule has 0 aromatic heterocycles. The maximum absolute atomic E-state index is 14.0. The number of benzene rings is 1. The van der Waals surface area contributed by atoms with E-state index in [0.717, 1.165) is 38.6 Å². The van der Waals surface area contributed by atoms with E-state index in [1.807, 2.05) is 4.90 Å². The van der Waals surface area contributed by atoms with Crippen LogP contribution in [0.3, 0.4) is 0 Å². The van der Waals surface area contributed by atoms with Gasteiger partial charge in [0, 0.05) is 30.2 Å². The number of morpholine rings is 1. The minimum atomic E-state index is -3.82. The molecule has 10 heteroatoms. The van der Waals surface area contributed by atoms with Gasteiger partial charge in [0.2, 0.25) is 10.0 Å². The maximum atomic E-state index is 14.0. The Kier molecular flexibility index (Phi) is 6.52. The molecule has 36 heavy (non-hydrogen) atoms. The standard InChI is InChI=1S/C26H36ClN3O5S/c1-2-13-29-20-7-8-21(29)15-28(14-20)25(31)35-26(11-12-26)24-17-34-16-23(18-3-4-18)30(24)36(32,33)22-9-5-19(27)6-10-22/h5-6,9-10,18,20-21,23-24H,2-4,7-8,11-17H2,1H3/t20?,21?,23-,24+/m0/s1. The van der Waals surface area contributed by atoms with Gasteiger partial charge in [-0.25, -0.2) is 13.2 Å². The van der Waals surface area contributed by atoms with E-state index in [2.05, 4.69) is 11.8 Å². The minimum Gasteiger partial charge on any atom is -0.441 e. The lowest BCUT2D eigenvalue weighted by Crippen LogP contribution is -2.62. The SMILES string of the molecule is CCCN1C2CCC1CN(C(=O)OC1([C@H]3COC[C@@H](C4CC4)N3S(=O)(=O)c3ccc(Cl)cc3)CC1)C2. The highest BCUT2D eigenvalue weighted by atomic mass is 35.5. The summed E-state index contributed by atoms with van der Waals surface area (Å²) >= 11 is 6.04. The van der Waals surface area contributed by atoms with E-state index in [9.17, 15) is 13.2 Å². The summed E-state index contributed by atoms with van der Waals surface area (Å²) in [6.07, 6.45) is 6.33. The van der Waals surface area contributed by atoms with E-state index < -0.39 is 21.7 Å². The molecule has 5 fully saturated rings. The Morgan fingerprint density at radius 2 is 1.75 bits per heavy atom. The van der Waals surface area contributed by atoms with Crippen LogP contribution in [-0.2, 0) is 19.5 Å². The van der Waals surface area contributed by atoms with Crippen LogP contribution in [-0.4, -0.2) is 91.2 Å². The van der Waals surface area contributed by atoms with E-state index in [-0.39, 0.29) is 29.6 Å². The van der Waals surface area contributed by atoms with Crippen molar-refractivity contribution in [2.45, 2.75) is 86.5 Å². The third-order valence-corrected chi connectivity index (χ3v) is 11.0. The van der Waals surface area contributed by atoms with Gasteiger partial charge < -0.3 is 14.4 Å². The molecule has 0 spiro atoms. The molecule has 2 aliphatic carbocycles. The first-order valence-electron chi connectivity index (χ1n) is 13.4. The van der Waals surface area contributed by atoms with Crippen molar-refractivity contribution in [3.8, 4) is 0 Å². The summed E-state index contributed by atoms with van der Waals surface area (Å²) in [5.41, 5.74) is -0.830. The summed E-state index contributed by atoms with van der Waals surface area (Å²) in [4.78, 5) is 18.1. The normalized spacial score (nSPS) is 32.4. The zero-order valence-corrected chi connectivity index (χ0v) is 22.4. The smallest absolute Gasteiger partial charge is 0.410 e. The van der Waals surface area contributed by atoms with Crippen molar-refractivity contribution in [3.63, 3.8) is 0 Å². The monoisotopic (exact) mass is 537 g/mol. The number of hydrogen-bond acceptors (Lipinski definition) is 6. The number of fused-ring (bicyclic) bond motifs is 2. The first kappa shape index (κ1) is 24.9. The number of piperazine rings is 1. The van der Waals surface area contributed by atoms with Gasteiger partial charge >= 0.3 is 6.09 Å². The van der Waals surface area contributed by atoms with Crippen molar-refractivity contribution in [2.24, 2.45) is 5.92 Å². The second-order valence-electron chi connectivity index (χ2n) is 11.2. The molecule has 2 unspecified atom stereocenters. The van der Waals surface area contributed by atoms with Crippen molar-refractivity contribution >= 4 is 27.7 Å². The molecule has 4 atom stereocenters. The molecule has 1 aromatic carbocycles. The van der Waals surface area contributed by atoms with Crippen molar-refractivity contribution in [1.82, 2.24) is 14.1 Å². The highest BCUT2D eigenvalue weighted by molar-refractivity contribution is 7.89. The number of rotatable bonds is 7. The molecule has 3 heterocycles. The van der Waals surface area contributed by atoms with E-state index in [0.29, 0.717) is 49.6 Å². The molecule has 198 valence electrons. The Labute approximate surface area is 218 Å². The molecule has 3 aliphatic heterocycles. The Balaban J connectivity index is 1.23. The summed E-state index contributed by atoms with van der Waals surface area (Å²) in [5.74, 6) is 0.281. The van der Waals surface area contributed by atoms with Gasteiger partial charge in [0.1, 0.15) is 5.60 Å².